The van der Waals surface area contributed by atoms with Crippen molar-refractivity contribution in [1.82, 2.24) is 4.31 Å². The Kier molecular flexibility index (Phi) is 5.21. The molecule has 1 unspecified atom stereocenters. The maximum absolute atomic E-state index is 12.7. The summed E-state index contributed by atoms with van der Waals surface area (Å²) in [6.07, 6.45) is 0. The number of hydrogen-bond donors (Lipinski definition) is 1. The monoisotopic (exact) mass is 315 g/mol. The van der Waals surface area contributed by atoms with Crippen molar-refractivity contribution in [3.8, 4) is 5.75 Å². The first-order chi connectivity index (χ1) is 10.0. The zero-order valence-electron chi connectivity index (χ0n) is 12.3. The molecule has 0 radical (unpaired) electrons. The molecule has 1 fully saturated rings. The molecule has 2 rings (SSSR count). The number of sulfonamides is 1. The van der Waals surface area contributed by atoms with Gasteiger partial charge in [0.2, 0.25) is 10.0 Å². The molecule has 1 N–H and O–H groups in total. The van der Waals surface area contributed by atoms with Crippen LogP contribution in [0.4, 0.5) is 0 Å². The van der Waals surface area contributed by atoms with Gasteiger partial charge in [-0.15, -0.1) is 0 Å². The van der Waals surface area contributed by atoms with Crippen LogP contribution < -0.4 is 4.74 Å². The Bertz CT molecular complexity index is 587. The van der Waals surface area contributed by atoms with E-state index in [1.165, 1.54) is 10.4 Å². The standard InChI is InChI=1S/C14H21NO5S/c1-3-20-14-5-4-13(8-11(14)2)21(17,18)15-6-7-19-10-12(15)9-16/h4-5,8,12,16H,3,6-7,9-10H2,1-2H3. The van der Waals surface area contributed by atoms with E-state index in [2.05, 4.69) is 0 Å². The fraction of sp³-hybridized carbons (Fsp3) is 0.571. The van der Waals surface area contributed by atoms with Crippen LogP contribution in [-0.2, 0) is 14.8 Å². The molecule has 0 aromatic heterocycles. The Balaban J connectivity index is 2.32. The minimum absolute atomic E-state index is 0.212. The van der Waals surface area contributed by atoms with Crippen molar-refractivity contribution in [2.45, 2.75) is 24.8 Å². The minimum atomic E-state index is -3.64. The number of aryl methyl sites for hydroxylation is 1. The Morgan fingerprint density at radius 3 is 2.86 bits per heavy atom. The van der Waals surface area contributed by atoms with Crippen LogP contribution in [0.3, 0.4) is 0 Å². The molecule has 21 heavy (non-hydrogen) atoms. The van der Waals surface area contributed by atoms with E-state index in [1.54, 1.807) is 12.1 Å². The van der Waals surface area contributed by atoms with Crippen LogP contribution in [-0.4, -0.2) is 56.8 Å². The third-order valence-corrected chi connectivity index (χ3v) is 5.38. The third-order valence-electron chi connectivity index (χ3n) is 3.44. The van der Waals surface area contributed by atoms with Crippen molar-refractivity contribution in [2.24, 2.45) is 0 Å². The summed E-state index contributed by atoms with van der Waals surface area (Å²) in [5.41, 5.74) is 0.770. The maximum Gasteiger partial charge on any atom is 0.243 e. The Labute approximate surface area is 125 Å². The molecule has 0 bridgehead atoms. The van der Waals surface area contributed by atoms with Crippen LogP contribution >= 0.6 is 0 Å². The summed E-state index contributed by atoms with van der Waals surface area (Å²) in [6, 6.07) is 4.28. The lowest BCUT2D eigenvalue weighted by Gasteiger charge is -2.33. The SMILES string of the molecule is CCOc1ccc(S(=O)(=O)N2CCOCC2CO)cc1C. The van der Waals surface area contributed by atoms with Crippen LogP contribution in [0.1, 0.15) is 12.5 Å². The summed E-state index contributed by atoms with van der Waals surface area (Å²) in [6.45, 7) is 4.77. The van der Waals surface area contributed by atoms with E-state index >= 15 is 0 Å². The fourth-order valence-electron chi connectivity index (χ4n) is 2.33. The number of ether oxygens (including phenoxy) is 2. The summed E-state index contributed by atoms with van der Waals surface area (Å²) < 4.78 is 37.4. The largest absolute Gasteiger partial charge is 0.494 e. The van der Waals surface area contributed by atoms with Gasteiger partial charge >= 0.3 is 0 Å². The number of aliphatic hydroxyl groups excluding tert-OH is 1. The van der Waals surface area contributed by atoms with E-state index in [0.29, 0.717) is 19.0 Å². The Morgan fingerprint density at radius 1 is 1.48 bits per heavy atom. The van der Waals surface area contributed by atoms with Gasteiger partial charge in [-0.05, 0) is 37.6 Å². The second-order valence-corrected chi connectivity index (χ2v) is 6.78. The average molecular weight is 315 g/mol. The van der Waals surface area contributed by atoms with Gasteiger partial charge in [0.1, 0.15) is 5.75 Å². The van der Waals surface area contributed by atoms with Crippen LogP contribution in [0.25, 0.3) is 0 Å². The number of nitrogens with zero attached hydrogens (tertiary/aromatic N) is 1. The maximum atomic E-state index is 12.7. The van der Waals surface area contributed by atoms with Crippen LogP contribution in [0.15, 0.2) is 23.1 Å². The molecule has 7 heteroatoms. The minimum Gasteiger partial charge on any atom is -0.494 e. The van der Waals surface area contributed by atoms with Crippen molar-refractivity contribution in [1.29, 1.82) is 0 Å². The van der Waals surface area contributed by atoms with Crippen LogP contribution in [0, 0.1) is 6.92 Å². The Hall–Kier alpha value is -1.15. The lowest BCUT2D eigenvalue weighted by Crippen LogP contribution is -2.50. The normalized spacial score (nSPS) is 20.4. The molecule has 1 saturated heterocycles. The molecule has 1 aromatic carbocycles. The lowest BCUT2D eigenvalue weighted by atomic mass is 10.2. The topological polar surface area (TPSA) is 76.1 Å². The van der Waals surface area contributed by atoms with Gasteiger partial charge in [0.25, 0.3) is 0 Å². The summed E-state index contributed by atoms with van der Waals surface area (Å²) >= 11 is 0. The quantitative estimate of drug-likeness (QED) is 0.869. The molecule has 0 aliphatic carbocycles. The molecule has 1 aliphatic heterocycles. The molecular weight excluding hydrogens is 294 g/mol. The van der Waals surface area contributed by atoms with E-state index < -0.39 is 16.1 Å². The van der Waals surface area contributed by atoms with Gasteiger partial charge in [-0.2, -0.15) is 4.31 Å². The first kappa shape index (κ1) is 16.2. The number of rotatable bonds is 5. The van der Waals surface area contributed by atoms with Gasteiger partial charge < -0.3 is 14.6 Å². The van der Waals surface area contributed by atoms with Gasteiger partial charge in [-0.3, -0.25) is 0 Å². The summed E-state index contributed by atoms with van der Waals surface area (Å²) in [5.74, 6) is 0.678. The molecule has 1 aromatic rings. The first-order valence-corrected chi connectivity index (χ1v) is 8.38. The second kappa shape index (κ2) is 6.74. The molecule has 6 nitrogen and oxygen atoms in total. The summed E-state index contributed by atoms with van der Waals surface area (Å²) in [5, 5.41) is 9.33. The highest BCUT2D eigenvalue weighted by atomic mass is 32.2. The zero-order chi connectivity index (χ0) is 15.5. The highest BCUT2D eigenvalue weighted by molar-refractivity contribution is 7.89. The molecule has 0 saturated carbocycles. The number of hydrogen-bond acceptors (Lipinski definition) is 5. The molecule has 0 spiro atoms. The van der Waals surface area contributed by atoms with Crippen LogP contribution in [0.5, 0.6) is 5.75 Å². The van der Waals surface area contributed by atoms with Gasteiger partial charge in [0.05, 0.1) is 37.4 Å². The van der Waals surface area contributed by atoms with E-state index in [9.17, 15) is 13.5 Å². The lowest BCUT2D eigenvalue weighted by molar-refractivity contribution is 0.0109. The highest BCUT2D eigenvalue weighted by Crippen LogP contribution is 2.26. The molecule has 0 amide bonds. The highest BCUT2D eigenvalue weighted by Gasteiger charge is 2.33. The molecule has 1 aliphatic rings. The number of morpholine rings is 1. The van der Waals surface area contributed by atoms with E-state index in [0.717, 1.165) is 5.56 Å². The van der Waals surface area contributed by atoms with Crippen molar-refractivity contribution >= 4 is 10.0 Å². The van der Waals surface area contributed by atoms with Gasteiger partial charge in [-0.25, -0.2) is 8.42 Å². The Morgan fingerprint density at radius 2 is 2.24 bits per heavy atom. The fourth-order valence-corrected chi connectivity index (χ4v) is 4.01. The van der Waals surface area contributed by atoms with Crippen molar-refractivity contribution in [2.75, 3.05) is 33.0 Å². The summed E-state index contributed by atoms with van der Waals surface area (Å²) in [7, 11) is -3.64. The molecular formula is C14H21NO5S. The van der Waals surface area contributed by atoms with Crippen molar-refractivity contribution in [3.05, 3.63) is 23.8 Å². The van der Waals surface area contributed by atoms with Crippen LogP contribution in [0.2, 0.25) is 0 Å². The average Bonchev–Trinajstić information content (AvgIpc) is 2.49. The number of benzene rings is 1. The predicted molar refractivity (Wildman–Crippen MR) is 77.9 cm³/mol. The molecule has 1 atom stereocenters. The van der Waals surface area contributed by atoms with Gasteiger partial charge in [-0.1, -0.05) is 0 Å². The van der Waals surface area contributed by atoms with E-state index in [4.69, 9.17) is 9.47 Å². The van der Waals surface area contributed by atoms with Crippen molar-refractivity contribution in [3.63, 3.8) is 0 Å². The second-order valence-electron chi connectivity index (χ2n) is 4.89. The molecule has 1 heterocycles. The first-order valence-electron chi connectivity index (χ1n) is 6.94. The van der Waals surface area contributed by atoms with E-state index in [-0.39, 0.29) is 24.7 Å². The zero-order valence-corrected chi connectivity index (χ0v) is 13.1. The third kappa shape index (κ3) is 3.37. The smallest absolute Gasteiger partial charge is 0.243 e. The number of aliphatic hydroxyl groups is 1. The van der Waals surface area contributed by atoms with Crippen molar-refractivity contribution < 1.29 is 23.0 Å². The molecule has 118 valence electrons. The van der Waals surface area contributed by atoms with Gasteiger partial charge in [0, 0.05) is 6.54 Å². The summed E-state index contributed by atoms with van der Waals surface area (Å²) in [4.78, 5) is 0.212. The van der Waals surface area contributed by atoms with E-state index in [1.807, 2.05) is 13.8 Å². The predicted octanol–water partition coefficient (Wildman–Crippen LogP) is 0.776. The van der Waals surface area contributed by atoms with Gasteiger partial charge in [0.15, 0.2) is 0 Å².